The molecule has 0 amide bonds. The Morgan fingerprint density at radius 2 is 0.622 bits per heavy atom. The fourth-order valence-corrected chi connectivity index (χ4v) is 5.68. The Labute approximate surface area is 349 Å². The molecule has 0 heterocycles. The summed E-state index contributed by atoms with van der Waals surface area (Å²) in [6.07, 6.45) is 6.80. The molecule has 0 aromatic heterocycles. The third kappa shape index (κ3) is 12.8. The van der Waals surface area contributed by atoms with Crippen molar-refractivity contribution in [2.24, 2.45) is 0 Å². The summed E-state index contributed by atoms with van der Waals surface area (Å²) in [5.41, 5.74) is 8.82. The number of hydrogen-bond donors (Lipinski definition) is 0. The molecule has 0 fully saturated rings. The van der Waals surface area contributed by atoms with Crippen molar-refractivity contribution in [1.29, 1.82) is 0 Å². The van der Waals surface area contributed by atoms with Crippen molar-refractivity contribution in [1.82, 2.24) is 0 Å². The van der Waals surface area contributed by atoms with Gasteiger partial charge in [-0.05, 0) is 38.5 Å². The first-order chi connectivity index (χ1) is 19.0. The van der Waals surface area contributed by atoms with E-state index in [4.69, 9.17) is 0 Å². The van der Waals surface area contributed by atoms with Crippen LogP contribution in [0, 0.1) is 0 Å². The summed E-state index contributed by atoms with van der Waals surface area (Å²) in [7, 11) is 0. The van der Waals surface area contributed by atoms with Crippen molar-refractivity contribution in [3.8, 4) is 0 Å². The van der Waals surface area contributed by atoms with Crippen LogP contribution in [-0.2, 0) is 104 Å². The molecule has 6 rings (SSSR count). The van der Waals surface area contributed by atoms with Gasteiger partial charge in [-0.1, -0.05) is 93.1 Å². The SMILES string of the molecule is CCc1cc(CC)c2cc[cH-]c2c1.CCc1cc(CC)c2cc[cH-]c2c1.CCc1cc(CC)c2cc[cH-]c2c1.[Br-].[Br-].[Br-].[Ti+2].[Ti+2].[Ti+2]. The molecule has 6 heteroatoms. The fourth-order valence-electron chi connectivity index (χ4n) is 5.68. The molecule has 234 valence electrons. The molecule has 0 aliphatic rings. The number of benzene rings is 3. The first-order valence-electron chi connectivity index (χ1n) is 15.1. The first-order valence-corrected chi connectivity index (χ1v) is 15.1. The van der Waals surface area contributed by atoms with Crippen LogP contribution in [0.1, 0.15) is 74.9 Å². The van der Waals surface area contributed by atoms with Gasteiger partial charge in [0.05, 0.1) is 0 Å². The Balaban J connectivity index is -0.000000551. The van der Waals surface area contributed by atoms with E-state index in [0.29, 0.717) is 0 Å². The molecule has 0 aliphatic heterocycles. The number of halogens is 3. The van der Waals surface area contributed by atoms with Crippen LogP contribution in [0.5, 0.6) is 0 Å². The summed E-state index contributed by atoms with van der Waals surface area (Å²) in [5.74, 6) is 0. The fraction of sp³-hybridized carbons (Fsp3) is 0.308. The molecule has 0 spiro atoms. The van der Waals surface area contributed by atoms with Crippen molar-refractivity contribution >= 4 is 32.3 Å². The van der Waals surface area contributed by atoms with Crippen molar-refractivity contribution in [2.45, 2.75) is 80.1 Å². The number of hydrogen-bond acceptors (Lipinski definition) is 0. The van der Waals surface area contributed by atoms with Crippen LogP contribution >= 0.6 is 0 Å². The van der Waals surface area contributed by atoms with Crippen LogP contribution in [0.15, 0.2) is 91.0 Å². The third-order valence-corrected chi connectivity index (χ3v) is 8.06. The van der Waals surface area contributed by atoms with Gasteiger partial charge < -0.3 is 50.9 Å². The van der Waals surface area contributed by atoms with Crippen LogP contribution in [0.25, 0.3) is 32.3 Å². The standard InChI is InChI=1S/3C13H15.3BrH.3Ti/c3*1-3-10-8-11(4-2)13-7-5-6-12(13)9-10;;;;;;/h3*5-9H,3-4H2,1-2H3;3*1H;;;/q3*-1;;;;3*+2/p-3. The second-order valence-electron chi connectivity index (χ2n) is 10.5. The van der Waals surface area contributed by atoms with Gasteiger partial charge in [0.2, 0.25) is 0 Å². The van der Waals surface area contributed by atoms with E-state index in [-0.39, 0.29) is 116 Å². The zero-order chi connectivity index (χ0) is 27.8. The summed E-state index contributed by atoms with van der Waals surface area (Å²) in [5, 5.41) is 8.49. The second-order valence-corrected chi connectivity index (χ2v) is 10.5. The summed E-state index contributed by atoms with van der Waals surface area (Å²) in [6, 6.07) is 33.6. The topological polar surface area (TPSA) is 0 Å². The molecule has 6 aromatic carbocycles. The van der Waals surface area contributed by atoms with Crippen LogP contribution in [-0.4, -0.2) is 0 Å². The minimum Gasteiger partial charge on any atom is -1.00 e. The normalized spacial score (nSPS) is 9.47. The molecule has 0 bridgehead atoms. The van der Waals surface area contributed by atoms with Crippen molar-refractivity contribution in [2.75, 3.05) is 0 Å². The van der Waals surface area contributed by atoms with E-state index in [1.54, 1.807) is 0 Å². The Morgan fingerprint density at radius 1 is 0.378 bits per heavy atom. The Morgan fingerprint density at radius 3 is 0.822 bits per heavy atom. The predicted molar refractivity (Wildman–Crippen MR) is 175 cm³/mol. The maximum atomic E-state index is 2.34. The largest absolute Gasteiger partial charge is 2.00 e. The first kappa shape index (κ1) is 49.5. The van der Waals surface area contributed by atoms with Crippen LogP contribution in [0.3, 0.4) is 0 Å². The molecule has 0 unspecified atom stereocenters. The van der Waals surface area contributed by atoms with Crippen molar-refractivity contribution in [3.05, 3.63) is 124 Å². The molecule has 0 nitrogen and oxygen atoms in total. The molecular weight excluding hydrogens is 852 g/mol. The maximum Gasteiger partial charge on any atom is 2.00 e. The Bertz CT molecular complexity index is 1450. The molecule has 0 N–H and O–H groups in total. The summed E-state index contributed by atoms with van der Waals surface area (Å²) in [6.45, 7) is 13.3. The molecule has 0 aliphatic carbocycles. The molecule has 0 saturated carbocycles. The van der Waals surface area contributed by atoms with E-state index >= 15 is 0 Å². The average Bonchev–Trinajstić information content (AvgIpc) is 3.76. The Hall–Kier alpha value is 0.0729. The third-order valence-electron chi connectivity index (χ3n) is 8.06. The van der Waals surface area contributed by atoms with Crippen molar-refractivity contribution < 1.29 is 116 Å². The minimum absolute atomic E-state index is 0. The van der Waals surface area contributed by atoms with E-state index < -0.39 is 0 Å². The number of rotatable bonds is 6. The van der Waals surface area contributed by atoms with Crippen LogP contribution < -0.4 is 50.9 Å². The second kappa shape index (κ2) is 25.1. The van der Waals surface area contributed by atoms with Crippen molar-refractivity contribution in [3.63, 3.8) is 0 Å². The van der Waals surface area contributed by atoms with E-state index in [1.807, 2.05) is 0 Å². The quantitative estimate of drug-likeness (QED) is 0.178. The number of fused-ring (bicyclic) bond motifs is 3. The smallest absolute Gasteiger partial charge is 1.00 e. The molecule has 0 saturated heterocycles. The van der Waals surface area contributed by atoms with E-state index in [9.17, 15) is 0 Å². The maximum absolute atomic E-state index is 2.34. The van der Waals surface area contributed by atoms with Gasteiger partial charge in [0.15, 0.2) is 0 Å². The molecular formula is C39H45Br3Ti3. The van der Waals surface area contributed by atoms with Crippen LogP contribution in [0.2, 0.25) is 0 Å². The van der Waals surface area contributed by atoms with E-state index in [0.717, 1.165) is 38.5 Å². The molecule has 0 radical (unpaired) electrons. The zero-order valence-corrected chi connectivity index (χ0v) is 37.0. The summed E-state index contributed by atoms with van der Waals surface area (Å²) in [4.78, 5) is 0. The average molecular weight is 897 g/mol. The molecule has 6 aromatic rings. The van der Waals surface area contributed by atoms with Gasteiger partial charge in [-0.2, -0.15) is 36.4 Å². The summed E-state index contributed by atoms with van der Waals surface area (Å²) >= 11 is 0. The minimum atomic E-state index is 0. The van der Waals surface area contributed by atoms with Gasteiger partial charge in [-0.3, -0.25) is 0 Å². The van der Waals surface area contributed by atoms with Gasteiger partial charge in [-0.25, -0.2) is 0 Å². The van der Waals surface area contributed by atoms with E-state index in [1.165, 1.54) is 65.7 Å². The van der Waals surface area contributed by atoms with Crippen LogP contribution in [0.4, 0.5) is 0 Å². The van der Waals surface area contributed by atoms with Gasteiger partial charge in [0.25, 0.3) is 0 Å². The van der Waals surface area contributed by atoms with Gasteiger partial charge in [0, 0.05) is 0 Å². The zero-order valence-electron chi connectivity index (χ0n) is 27.5. The monoisotopic (exact) mass is 894 g/mol. The van der Waals surface area contributed by atoms with Gasteiger partial charge >= 0.3 is 65.2 Å². The van der Waals surface area contributed by atoms with Gasteiger partial charge in [-0.15, -0.1) is 68.7 Å². The predicted octanol–water partition coefficient (Wildman–Crippen LogP) is 2.06. The van der Waals surface area contributed by atoms with Gasteiger partial charge in [0.1, 0.15) is 0 Å². The Kier molecular flexibility index (Phi) is 27.6. The summed E-state index contributed by atoms with van der Waals surface area (Å²) < 4.78 is 0. The van der Waals surface area contributed by atoms with E-state index in [2.05, 4.69) is 133 Å². The molecule has 0 atom stereocenters. The number of aryl methyl sites for hydroxylation is 6. The molecule has 45 heavy (non-hydrogen) atoms.